The number of rotatable bonds is 7. The van der Waals surface area contributed by atoms with E-state index in [1.165, 1.54) is 11.8 Å². The van der Waals surface area contributed by atoms with Gasteiger partial charge in [-0.2, -0.15) is 0 Å². The smallest absolute Gasteiger partial charge is 0.237 e. The Balaban J connectivity index is 1.56. The molecule has 0 saturated heterocycles. The van der Waals surface area contributed by atoms with Crippen LogP contribution in [0.1, 0.15) is 6.92 Å². The largest absolute Gasteiger partial charge is 0.325 e. The Morgan fingerprint density at radius 3 is 2.57 bits per heavy atom. The van der Waals surface area contributed by atoms with E-state index in [2.05, 4.69) is 16.5 Å². The number of carbonyl (C=O) groups excluding carboxylic acids is 1. The molecular weight excluding hydrogens is 390 g/mol. The number of fused-ring (bicyclic) bond motifs is 1. The fourth-order valence-corrected chi connectivity index (χ4v) is 4.29. The van der Waals surface area contributed by atoms with E-state index in [0.29, 0.717) is 6.54 Å². The first-order valence-corrected chi connectivity index (χ1v) is 10.7. The fourth-order valence-electron chi connectivity index (χ4n) is 3.36. The summed E-state index contributed by atoms with van der Waals surface area (Å²) in [5.41, 5.74) is 4.84. The van der Waals surface area contributed by atoms with Gasteiger partial charge in [-0.05, 0) is 30.7 Å². The predicted octanol–water partition coefficient (Wildman–Crippen LogP) is 6.01. The molecule has 4 nitrogen and oxygen atoms in total. The van der Waals surface area contributed by atoms with Gasteiger partial charge in [-0.25, -0.2) is 4.98 Å². The predicted molar refractivity (Wildman–Crippen MR) is 126 cm³/mol. The van der Waals surface area contributed by atoms with Crippen molar-refractivity contribution in [2.45, 2.75) is 23.9 Å². The lowest BCUT2D eigenvalue weighted by atomic mass is 10.0. The molecule has 0 fully saturated rings. The standard InChI is InChI=1S/C25H23N3OS/c1-3-17-28-23-16-10-9-15-22(23)27-25(28)30-18(2)24(29)26-21-14-8-7-13-20(21)19-11-5-4-6-12-19/h3-16,18H,1,17H2,2H3,(H,26,29)/t18-/m0/s1. The molecule has 3 aromatic carbocycles. The Morgan fingerprint density at radius 1 is 1.07 bits per heavy atom. The van der Waals surface area contributed by atoms with E-state index in [9.17, 15) is 4.79 Å². The molecular formula is C25H23N3OS. The second-order valence-electron chi connectivity index (χ2n) is 6.94. The number of allylic oxidation sites excluding steroid dienone is 1. The van der Waals surface area contributed by atoms with E-state index < -0.39 is 0 Å². The molecule has 1 heterocycles. The van der Waals surface area contributed by atoms with Crippen LogP contribution in [0.15, 0.2) is 96.7 Å². The van der Waals surface area contributed by atoms with E-state index >= 15 is 0 Å². The van der Waals surface area contributed by atoms with E-state index in [0.717, 1.165) is 33.0 Å². The van der Waals surface area contributed by atoms with Gasteiger partial charge in [0.05, 0.1) is 16.3 Å². The lowest BCUT2D eigenvalue weighted by molar-refractivity contribution is -0.115. The molecule has 0 aliphatic rings. The van der Waals surface area contributed by atoms with Gasteiger partial charge in [0.15, 0.2) is 5.16 Å². The van der Waals surface area contributed by atoms with Crippen molar-refractivity contribution in [2.75, 3.05) is 5.32 Å². The van der Waals surface area contributed by atoms with Crippen LogP contribution in [0.2, 0.25) is 0 Å². The van der Waals surface area contributed by atoms with Gasteiger partial charge in [-0.3, -0.25) is 4.79 Å². The zero-order valence-electron chi connectivity index (χ0n) is 16.8. The van der Waals surface area contributed by atoms with Crippen molar-refractivity contribution in [3.63, 3.8) is 0 Å². The minimum Gasteiger partial charge on any atom is -0.325 e. The number of hydrogen-bond donors (Lipinski definition) is 1. The van der Waals surface area contributed by atoms with Gasteiger partial charge in [0.2, 0.25) is 5.91 Å². The number of benzene rings is 3. The van der Waals surface area contributed by atoms with Crippen LogP contribution in [0.25, 0.3) is 22.2 Å². The van der Waals surface area contributed by atoms with Gasteiger partial charge in [0.25, 0.3) is 0 Å². The number of hydrogen-bond acceptors (Lipinski definition) is 3. The fraction of sp³-hybridized carbons (Fsp3) is 0.120. The van der Waals surface area contributed by atoms with Crippen LogP contribution in [0.3, 0.4) is 0 Å². The molecule has 5 heteroatoms. The third-order valence-corrected chi connectivity index (χ3v) is 5.94. The second-order valence-corrected chi connectivity index (χ2v) is 8.25. The van der Waals surface area contributed by atoms with Gasteiger partial charge in [-0.15, -0.1) is 6.58 Å². The minimum atomic E-state index is -0.311. The van der Waals surface area contributed by atoms with Crippen LogP contribution in [0, 0.1) is 0 Å². The minimum absolute atomic E-state index is 0.0550. The molecule has 1 amide bonds. The monoisotopic (exact) mass is 413 g/mol. The average molecular weight is 414 g/mol. The normalized spacial score (nSPS) is 11.9. The summed E-state index contributed by atoms with van der Waals surface area (Å²) in [6.07, 6.45) is 1.85. The quantitative estimate of drug-likeness (QED) is 0.298. The first kappa shape index (κ1) is 20.0. The number of amides is 1. The molecule has 30 heavy (non-hydrogen) atoms. The van der Waals surface area contributed by atoms with Crippen LogP contribution in [0.5, 0.6) is 0 Å². The third kappa shape index (κ3) is 4.16. The highest BCUT2D eigenvalue weighted by atomic mass is 32.2. The number of aromatic nitrogens is 2. The molecule has 1 atom stereocenters. The van der Waals surface area contributed by atoms with E-state index in [1.807, 2.05) is 91.9 Å². The van der Waals surface area contributed by atoms with Gasteiger partial charge < -0.3 is 9.88 Å². The highest BCUT2D eigenvalue weighted by Gasteiger charge is 2.20. The average Bonchev–Trinajstić information content (AvgIpc) is 3.12. The summed E-state index contributed by atoms with van der Waals surface area (Å²) in [5, 5.41) is 3.60. The number of thioether (sulfide) groups is 1. The number of carbonyl (C=O) groups is 1. The molecule has 4 rings (SSSR count). The van der Waals surface area contributed by atoms with E-state index in [4.69, 9.17) is 4.98 Å². The number of para-hydroxylation sites is 3. The highest BCUT2D eigenvalue weighted by Crippen LogP contribution is 2.30. The van der Waals surface area contributed by atoms with Crippen molar-refractivity contribution in [2.24, 2.45) is 0 Å². The Morgan fingerprint density at radius 2 is 1.77 bits per heavy atom. The zero-order valence-corrected chi connectivity index (χ0v) is 17.6. The Kier molecular flexibility index (Phi) is 6.00. The van der Waals surface area contributed by atoms with Crippen LogP contribution in [-0.4, -0.2) is 20.7 Å². The first-order chi connectivity index (χ1) is 14.7. The van der Waals surface area contributed by atoms with E-state index in [-0.39, 0.29) is 11.2 Å². The molecule has 0 unspecified atom stereocenters. The summed E-state index contributed by atoms with van der Waals surface area (Å²) < 4.78 is 2.09. The van der Waals surface area contributed by atoms with Crippen molar-refractivity contribution < 1.29 is 4.79 Å². The molecule has 0 radical (unpaired) electrons. The number of nitrogens with one attached hydrogen (secondary N) is 1. The highest BCUT2D eigenvalue weighted by molar-refractivity contribution is 8.00. The molecule has 1 N–H and O–H groups in total. The molecule has 1 aromatic heterocycles. The third-order valence-electron chi connectivity index (χ3n) is 4.85. The first-order valence-electron chi connectivity index (χ1n) is 9.85. The maximum Gasteiger partial charge on any atom is 0.237 e. The lowest BCUT2D eigenvalue weighted by Gasteiger charge is -2.15. The van der Waals surface area contributed by atoms with Gasteiger partial charge in [-0.1, -0.05) is 78.5 Å². The molecule has 0 bridgehead atoms. The summed E-state index contributed by atoms with van der Waals surface area (Å²) in [7, 11) is 0. The van der Waals surface area contributed by atoms with Crippen molar-refractivity contribution in [1.29, 1.82) is 0 Å². The van der Waals surface area contributed by atoms with Crippen LogP contribution < -0.4 is 5.32 Å². The van der Waals surface area contributed by atoms with Gasteiger partial charge in [0.1, 0.15) is 0 Å². The summed E-state index contributed by atoms with van der Waals surface area (Å²) in [6.45, 7) is 6.41. The second kappa shape index (κ2) is 9.01. The van der Waals surface area contributed by atoms with Gasteiger partial charge >= 0.3 is 0 Å². The summed E-state index contributed by atoms with van der Waals surface area (Å²) in [4.78, 5) is 17.7. The Hall–Kier alpha value is -3.31. The van der Waals surface area contributed by atoms with Crippen molar-refractivity contribution in [3.8, 4) is 11.1 Å². The topological polar surface area (TPSA) is 46.9 Å². The van der Waals surface area contributed by atoms with Crippen molar-refractivity contribution in [3.05, 3.63) is 91.5 Å². The van der Waals surface area contributed by atoms with Crippen molar-refractivity contribution in [1.82, 2.24) is 9.55 Å². The Labute approximate surface area is 180 Å². The molecule has 150 valence electrons. The summed E-state index contributed by atoms with van der Waals surface area (Å²) in [6, 6.07) is 25.9. The molecule has 0 aliphatic heterocycles. The summed E-state index contributed by atoms with van der Waals surface area (Å²) in [5.74, 6) is -0.0550. The number of nitrogens with zero attached hydrogens (tertiary/aromatic N) is 2. The molecule has 4 aromatic rings. The Bertz CT molecular complexity index is 1180. The number of anilines is 1. The maximum absolute atomic E-state index is 13.0. The molecule has 0 spiro atoms. The zero-order chi connectivity index (χ0) is 20.9. The molecule has 0 saturated carbocycles. The van der Waals surface area contributed by atoms with E-state index in [1.54, 1.807) is 0 Å². The van der Waals surface area contributed by atoms with Crippen LogP contribution >= 0.6 is 11.8 Å². The molecule has 0 aliphatic carbocycles. The summed E-state index contributed by atoms with van der Waals surface area (Å²) >= 11 is 1.46. The van der Waals surface area contributed by atoms with Crippen molar-refractivity contribution >= 4 is 34.4 Å². The SMILES string of the molecule is C=CCn1c(S[C@@H](C)C(=O)Nc2ccccc2-c2ccccc2)nc2ccccc21. The van der Waals surface area contributed by atoms with Crippen LogP contribution in [0.4, 0.5) is 5.69 Å². The maximum atomic E-state index is 13.0. The lowest BCUT2D eigenvalue weighted by Crippen LogP contribution is -2.23. The number of imidazole rings is 1. The van der Waals surface area contributed by atoms with Gasteiger partial charge in [0, 0.05) is 17.8 Å². The van der Waals surface area contributed by atoms with Crippen LogP contribution in [-0.2, 0) is 11.3 Å².